The van der Waals surface area contributed by atoms with Crippen LogP contribution >= 0.6 is 15.9 Å². The highest BCUT2D eigenvalue weighted by Crippen LogP contribution is 2.20. The maximum Gasteiger partial charge on any atom is 0.244 e. The van der Waals surface area contributed by atoms with Crippen molar-refractivity contribution in [1.82, 2.24) is 14.2 Å². The highest BCUT2D eigenvalue weighted by atomic mass is 79.9. The lowest BCUT2D eigenvalue weighted by Crippen LogP contribution is -2.36. The monoisotopic (exact) mass is 363 g/mol. The summed E-state index contributed by atoms with van der Waals surface area (Å²) < 4.78 is 27.3. The maximum absolute atomic E-state index is 12.6. The van der Waals surface area contributed by atoms with Crippen molar-refractivity contribution in [3.05, 3.63) is 22.9 Å². The Morgan fingerprint density at radius 3 is 2.75 bits per heavy atom. The minimum absolute atomic E-state index is 0.0995. The van der Waals surface area contributed by atoms with Crippen LogP contribution in [-0.2, 0) is 10.0 Å². The topological polar surface area (TPSA) is 73.7 Å². The van der Waals surface area contributed by atoms with Crippen LogP contribution in [0.2, 0.25) is 0 Å². The molecule has 0 saturated carbocycles. The van der Waals surface area contributed by atoms with Crippen molar-refractivity contribution in [3.63, 3.8) is 0 Å². The molecule has 0 radical (unpaired) electrons. The number of sulfonamides is 1. The number of β-amino-alcohol motifs (C(OH)–C–C–N with tert-alkyl or cyclic N) is 1. The fourth-order valence-corrected chi connectivity index (χ4v) is 4.21. The number of halogens is 1. The lowest BCUT2D eigenvalue weighted by Gasteiger charge is -2.21. The van der Waals surface area contributed by atoms with Crippen molar-refractivity contribution >= 4 is 26.0 Å². The Labute approximate surface area is 127 Å². The molecule has 1 aliphatic rings. The molecule has 1 aromatic rings. The molecule has 6 nitrogen and oxygen atoms in total. The van der Waals surface area contributed by atoms with Gasteiger partial charge in [0.15, 0.2) is 0 Å². The molecule has 1 fully saturated rings. The number of hydrogen-bond acceptors (Lipinski definition) is 5. The third-order valence-electron chi connectivity index (χ3n) is 3.28. The summed E-state index contributed by atoms with van der Waals surface area (Å²) in [6, 6.07) is 1.57. The molecular weight excluding hydrogens is 346 g/mol. The van der Waals surface area contributed by atoms with E-state index in [2.05, 4.69) is 25.8 Å². The van der Waals surface area contributed by atoms with E-state index < -0.39 is 10.0 Å². The van der Waals surface area contributed by atoms with Crippen LogP contribution in [0, 0.1) is 0 Å². The number of pyridine rings is 1. The van der Waals surface area contributed by atoms with Crippen molar-refractivity contribution in [2.45, 2.75) is 11.3 Å². The molecular formula is C12H18BrN3O3S. The van der Waals surface area contributed by atoms with Crippen molar-refractivity contribution in [2.24, 2.45) is 0 Å². The lowest BCUT2D eigenvalue weighted by molar-refractivity contribution is 0.202. The summed E-state index contributed by atoms with van der Waals surface area (Å²) in [5.41, 5.74) is 0. The normalized spacial score (nSPS) is 18.9. The van der Waals surface area contributed by atoms with Gasteiger partial charge in [0, 0.05) is 43.0 Å². The fourth-order valence-electron chi connectivity index (χ4n) is 2.24. The zero-order valence-corrected chi connectivity index (χ0v) is 13.5. The first kappa shape index (κ1) is 15.8. The summed E-state index contributed by atoms with van der Waals surface area (Å²) in [4.78, 5) is 6.21. The van der Waals surface area contributed by atoms with Crippen LogP contribution in [0.25, 0.3) is 0 Å². The van der Waals surface area contributed by atoms with Crippen molar-refractivity contribution in [1.29, 1.82) is 0 Å². The number of rotatable bonds is 4. The molecule has 0 atom stereocenters. The first-order valence-corrected chi connectivity index (χ1v) is 8.71. The molecule has 2 heterocycles. The van der Waals surface area contributed by atoms with Gasteiger partial charge < -0.3 is 5.11 Å². The standard InChI is InChI=1S/C12H18BrN3O3S/c13-11-8-12(10-14-9-11)20(18,19)16-3-1-2-15(4-5-16)6-7-17/h8-10,17H,1-7H2. The van der Waals surface area contributed by atoms with Gasteiger partial charge >= 0.3 is 0 Å². The molecule has 1 N–H and O–H groups in total. The van der Waals surface area contributed by atoms with Gasteiger partial charge in [0.1, 0.15) is 4.90 Å². The predicted molar refractivity (Wildman–Crippen MR) is 78.8 cm³/mol. The molecule has 2 rings (SSSR count). The predicted octanol–water partition coefficient (Wildman–Crippen LogP) is 0.533. The summed E-state index contributed by atoms with van der Waals surface area (Å²) in [5.74, 6) is 0. The smallest absolute Gasteiger partial charge is 0.244 e. The number of hydrogen-bond donors (Lipinski definition) is 1. The highest BCUT2D eigenvalue weighted by Gasteiger charge is 2.27. The Hall–Kier alpha value is -0.540. The zero-order valence-electron chi connectivity index (χ0n) is 11.1. The molecule has 1 aliphatic heterocycles. The number of nitrogens with zero attached hydrogens (tertiary/aromatic N) is 3. The minimum Gasteiger partial charge on any atom is -0.395 e. The van der Waals surface area contributed by atoms with Gasteiger partial charge in [0.2, 0.25) is 10.0 Å². The van der Waals surface area contributed by atoms with Gasteiger partial charge in [0.25, 0.3) is 0 Å². The van der Waals surface area contributed by atoms with E-state index in [4.69, 9.17) is 5.11 Å². The quantitative estimate of drug-likeness (QED) is 0.844. The molecule has 0 aromatic carbocycles. The minimum atomic E-state index is -3.49. The Balaban J connectivity index is 2.14. The SMILES string of the molecule is O=S(=O)(c1cncc(Br)c1)N1CCCN(CCO)CC1. The molecule has 8 heteroatoms. The first-order chi connectivity index (χ1) is 9.54. The fraction of sp³-hybridized carbons (Fsp3) is 0.583. The first-order valence-electron chi connectivity index (χ1n) is 6.48. The molecule has 0 bridgehead atoms. The van der Waals surface area contributed by atoms with Crippen molar-refractivity contribution < 1.29 is 13.5 Å². The van der Waals surface area contributed by atoms with Gasteiger partial charge in [-0.3, -0.25) is 9.88 Å². The van der Waals surface area contributed by atoms with E-state index in [-0.39, 0.29) is 11.5 Å². The Morgan fingerprint density at radius 1 is 1.25 bits per heavy atom. The molecule has 1 saturated heterocycles. The number of aromatic nitrogens is 1. The van der Waals surface area contributed by atoms with E-state index in [1.165, 1.54) is 10.5 Å². The number of aliphatic hydroxyl groups excluding tert-OH is 1. The van der Waals surface area contributed by atoms with Gasteiger partial charge in [-0.2, -0.15) is 4.31 Å². The van der Waals surface area contributed by atoms with Gasteiger partial charge in [-0.25, -0.2) is 8.42 Å². The van der Waals surface area contributed by atoms with E-state index in [0.717, 1.165) is 13.0 Å². The van der Waals surface area contributed by atoms with Crippen LogP contribution in [0.3, 0.4) is 0 Å². The van der Waals surface area contributed by atoms with Gasteiger partial charge in [-0.15, -0.1) is 0 Å². The summed E-state index contributed by atoms with van der Waals surface area (Å²) in [6.45, 7) is 3.07. The van der Waals surface area contributed by atoms with Crippen LogP contribution in [0.1, 0.15) is 6.42 Å². The van der Waals surface area contributed by atoms with E-state index in [1.807, 2.05) is 0 Å². The number of aliphatic hydroxyl groups is 1. The summed E-state index contributed by atoms with van der Waals surface area (Å²) in [7, 11) is -3.49. The van der Waals surface area contributed by atoms with Crippen LogP contribution in [0.5, 0.6) is 0 Å². The van der Waals surface area contributed by atoms with Crippen LogP contribution < -0.4 is 0 Å². The van der Waals surface area contributed by atoms with Gasteiger partial charge in [0.05, 0.1) is 6.61 Å². The average Bonchev–Trinajstić information content (AvgIpc) is 2.65. The van der Waals surface area contributed by atoms with Crippen LogP contribution in [0.15, 0.2) is 27.8 Å². The second-order valence-electron chi connectivity index (χ2n) is 4.66. The zero-order chi connectivity index (χ0) is 14.6. The third kappa shape index (κ3) is 3.76. The maximum atomic E-state index is 12.6. The van der Waals surface area contributed by atoms with Crippen LogP contribution in [-0.4, -0.2) is 67.0 Å². The molecule has 20 heavy (non-hydrogen) atoms. The molecule has 1 aromatic heterocycles. The Kier molecular flexibility index (Phi) is 5.50. The van der Waals surface area contributed by atoms with Crippen LogP contribution in [0.4, 0.5) is 0 Å². The van der Waals surface area contributed by atoms with Gasteiger partial charge in [-0.05, 0) is 35.0 Å². The molecule has 0 unspecified atom stereocenters. The molecule has 0 spiro atoms. The lowest BCUT2D eigenvalue weighted by atomic mass is 10.4. The van der Waals surface area contributed by atoms with E-state index in [0.29, 0.717) is 30.7 Å². The van der Waals surface area contributed by atoms with Crippen molar-refractivity contribution in [3.8, 4) is 0 Å². The van der Waals surface area contributed by atoms with E-state index >= 15 is 0 Å². The average molecular weight is 364 g/mol. The van der Waals surface area contributed by atoms with E-state index in [1.54, 1.807) is 12.3 Å². The second kappa shape index (κ2) is 6.95. The molecule has 112 valence electrons. The van der Waals surface area contributed by atoms with Gasteiger partial charge in [-0.1, -0.05) is 0 Å². The summed E-state index contributed by atoms with van der Waals surface area (Å²) >= 11 is 3.24. The summed E-state index contributed by atoms with van der Waals surface area (Å²) in [6.07, 6.45) is 3.70. The Bertz CT molecular complexity index is 553. The van der Waals surface area contributed by atoms with E-state index in [9.17, 15) is 8.42 Å². The molecule has 0 aliphatic carbocycles. The second-order valence-corrected chi connectivity index (χ2v) is 7.52. The summed E-state index contributed by atoms with van der Waals surface area (Å²) in [5, 5.41) is 8.96. The van der Waals surface area contributed by atoms with Crippen molar-refractivity contribution in [2.75, 3.05) is 39.3 Å². The Morgan fingerprint density at radius 2 is 2.05 bits per heavy atom. The third-order valence-corrected chi connectivity index (χ3v) is 5.58. The largest absolute Gasteiger partial charge is 0.395 e. The highest BCUT2D eigenvalue weighted by molar-refractivity contribution is 9.10. The molecule has 0 amide bonds.